The van der Waals surface area contributed by atoms with E-state index in [1.807, 2.05) is 59.5 Å². The molecule has 1 saturated heterocycles. The Morgan fingerprint density at radius 2 is 1.92 bits per heavy atom. The largest absolute Gasteiger partial charge is 0.486 e. The number of hydrogen-bond donors (Lipinski definition) is 0. The summed E-state index contributed by atoms with van der Waals surface area (Å²) in [7, 11) is 0. The van der Waals surface area contributed by atoms with Crippen LogP contribution in [0.5, 0.6) is 5.75 Å². The summed E-state index contributed by atoms with van der Waals surface area (Å²) in [6.45, 7) is 1.30. The van der Waals surface area contributed by atoms with Crippen molar-refractivity contribution < 1.29 is 9.53 Å². The third-order valence-corrected chi connectivity index (χ3v) is 4.94. The number of nitrogens with zero attached hydrogens (tertiary/aromatic N) is 2. The summed E-state index contributed by atoms with van der Waals surface area (Å²) in [5, 5.41) is 1.06. The SMILES string of the molecule is O=C(c1ccc(Br)cc1)N1CCC(Oc2cccc3cccnc23)C1. The lowest BCUT2D eigenvalue weighted by Crippen LogP contribution is -2.30. The maximum atomic E-state index is 12.6. The normalized spacial score (nSPS) is 17.0. The van der Waals surface area contributed by atoms with E-state index in [1.165, 1.54) is 0 Å². The molecule has 0 bridgehead atoms. The summed E-state index contributed by atoms with van der Waals surface area (Å²) in [5.41, 5.74) is 1.57. The van der Waals surface area contributed by atoms with Gasteiger partial charge in [-0.05, 0) is 36.4 Å². The van der Waals surface area contributed by atoms with Gasteiger partial charge in [0.25, 0.3) is 5.91 Å². The van der Waals surface area contributed by atoms with Gasteiger partial charge in [0.15, 0.2) is 0 Å². The molecular weight excluding hydrogens is 380 g/mol. The van der Waals surface area contributed by atoms with Crippen molar-refractivity contribution in [3.63, 3.8) is 0 Å². The number of rotatable bonds is 3. The molecule has 25 heavy (non-hydrogen) atoms. The second kappa shape index (κ2) is 6.84. The van der Waals surface area contributed by atoms with Crippen molar-refractivity contribution in [2.75, 3.05) is 13.1 Å². The average molecular weight is 397 g/mol. The van der Waals surface area contributed by atoms with Gasteiger partial charge < -0.3 is 9.64 Å². The van der Waals surface area contributed by atoms with Crippen molar-refractivity contribution in [2.24, 2.45) is 0 Å². The molecule has 2 aromatic carbocycles. The Hall–Kier alpha value is -2.40. The molecule has 1 atom stereocenters. The van der Waals surface area contributed by atoms with Crippen LogP contribution in [0.2, 0.25) is 0 Å². The molecule has 0 spiro atoms. The number of ether oxygens (including phenoxy) is 1. The smallest absolute Gasteiger partial charge is 0.253 e. The predicted octanol–water partition coefficient (Wildman–Crippen LogP) is 4.29. The van der Waals surface area contributed by atoms with Crippen molar-refractivity contribution in [3.8, 4) is 5.75 Å². The Labute approximate surface area is 154 Å². The molecule has 3 aromatic rings. The number of benzene rings is 2. The van der Waals surface area contributed by atoms with E-state index in [1.54, 1.807) is 6.20 Å². The number of amides is 1. The maximum absolute atomic E-state index is 12.6. The maximum Gasteiger partial charge on any atom is 0.253 e. The highest BCUT2D eigenvalue weighted by Gasteiger charge is 2.28. The molecule has 4 nitrogen and oxygen atoms in total. The van der Waals surface area contributed by atoms with E-state index in [-0.39, 0.29) is 12.0 Å². The van der Waals surface area contributed by atoms with Crippen LogP contribution < -0.4 is 4.74 Å². The molecule has 1 unspecified atom stereocenters. The summed E-state index contributed by atoms with van der Waals surface area (Å²) in [5.74, 6) is 0.829. The van der Waals surface area contributed by atoms with Gasteiger partial charge in [-0.3, -0.25) is 9.78 Å². The number of carbonyl (C=O) groups excluding carboxylic acids is 1. The molecule has 126 valence electrons. The van der Waals surface area contributed by atoms with E-state index in [2.05, 4.69) is 20.9 Å². The predicted molar refractivity (Wildman–Crippen MR) is 101 cm³/mol. The molecule has 2 heterocycles. The van der Waals surface area contributed by atoms with E-state index in [0.29, 0.717) is 18.7 Å². The minimum Gasteiger partial charge on any atom is -0.486 e. The van der Waals surface area contributed by atoms with Gasteiger partial charge in [-0.2, -0.15) is 0 Å². The van der Waals surface area contributed by atoms with Gasteiger partial charge in [-0.25, -0.2) is 0 Å². The van der Waals surface area contributed by atoms with Crippen molar-refractivity contribution in [1.82, 2.24) is 9.88 Å². The molecule has 0 radical (unpaired) electrons. The zero-order valence-electron chi connectivity index (χ0n) is 13.6. The topological polar surface area (TPSA) is 42.4 Å². The van der Waals surface area contributed by atoms with Crippen LogP contribution in [0.3, 0.4) is 0 Å². The number of hydrogen-bond acceptors (Lipinski definition) is 3. The van der Waals surface area contributed by atoms with Crippen molar-refractivity contribution >= 4 is 32.7 Å². The van der Waals surface area contributed by atoms with E-state index in [9.17, 15) is 4.79 Å². The van der Waals surface area contributed by atoms with Gasteiger partial charge in [0.2, 0.25) is 0 Å². The minimum absolute atomic E-state index is 0.00740. The number of likely N-dealkylation sites (tertiary alicyclic amines) is 1. The number of carbonyl (C=O) groups is 1. The minimum atomic E-state index is -0.00740. The molecule has 1 aromatic heterocycles. The Bertz CT molecular complexity index is 906. The van der Waals surface area contributed by atoms with Gasteiger partial charge >= 0.3 is 0 Å². The van der Waals surface area contributed by atoms with Crippen LogP contribution in [0, 0.1) is 0 Å². The third-order valence-electron chi connectivity index (χ3n) is 4.41. The lowest BCUT2D eigenvalue weighted by atomic mass is 10.2. The van der Waals surface area contributed by atoms with Crippen LogP contribution in [0.4, 0.5) is 0 Å². The molecular formula is C20H17BrN2O2. The zero-order chi connectivity index (χ0) is 17.2. The first-order valence-corrected chi connectivity index (χ1v) is 9.05. The molecule has 5 heteroatoms. The average Bonchev–Trinajstić information content (AvgIpc) is 3.11. The number of pyridine rings is 1. The Morgan fingerprint density at radius 3 is 2.76 bits per heavy atom. The van der Waals surface area contributed by atoms with Gasteiger partial charge in [0, 0.05) is 34.6 Å². The lowest BCUT2D eigenvalue weighted by Gasteiger charge is -2.18. The zero-order valence-corrected chi connectivity index (χ0v) is 15.1. The Balaban J connectivity index is 1.47. The van der Waals surface area contributed by atoms with Crippen LogP contribution in [-0.2, 0) is 0 Å². The summed E-state index contributed by atoms with van der Waals surface area (Å²) >= 11 is 3.39. The second-order valence-corrected chi connectivity index (χ2v) is 7.03. The first-order chi connectivity index (χ1) is 12.2. The molecule has 1 fully saturated rings. The Kier molecular flexibility index (Phi) is 4.40. The molecule has 0 saturated carbocycles. The molecule has 0 N–H and O–H groups in total. The first-order valence-electron chi connectivity index (χ1n) is 8.26. The van der Waals surface area contributed by atoms with Crippen LogP contribution >= 0.6 is 15.9 Å². The highest BCUT2D eigenvalue weighted by Crippen LogP contribution is 2.26. The quantitative estimate of drug-likeness (QED) is 0.662. The monoisotopic (exact) mass is 396 g/mol. The van der Waals surface area contributed by atoms with Crippen LogP contribution in [0.1, 0.15) is 16.8 Å². The van der Waals surface area contributed by atoms with E-state index < -0.39 is 0 Å². The Morgan fingerprint density at radius 1 is 1.12 bits per heavy atom. The fourth-order valence-electron chi connectivity index (χ4n) is 3.13. The van der Waals surface area contributed by atoms with Crippen molar-refractivity contribution in [1.29, 1.82) is 0 Å². The fraction of sp³-hybridized carbons (Fsp3) is 0.200. The van der Waals surface area contributed by atoms with Crippen molar-refractivity contribution in [3.05, 3.63) is 70.8 Å². The van der Waals surface area contributed by atoms with Gasteiger partial charge in [0.1, 0.15) is 17.4 Å². The summed E-state index contributed by atoms with van der Waals surface area (Å²) in [6, 6.07) is 17.3. The van der Waals surface area contributed by atoms with Crippen LogP contribution in [0.15, 0.2) is 65.3 Å². The summed E-state index contributed by atoms with van der Waals surface area (Å²) < 4.78 is 7.13. The third kappa shape index (κ3) is 3.37. The second-order valence-electron chi connectivity index (χ2n) is 6.12. The van der Waals surface area contributed by atoms with Gasteiger partial charge in [-0.1, -0.05) is 34.1 Å². The molecule has 1 aliphatic heterocycles. The summed E-state index contributed by atoms with van der Waals surface area (Å²) in [4.78, 5) is 18.9. The highest BCUT2D eigenvalue weighted by molar-refractivity contribution is 9.10. The highest BCUT2D eigenvalue weighted by atomic mass is 79.9. The number of fused-ring (bicyclic) bond motifs is 1. The van der Waals surface area contributed by atoms with Crippen molar-refractivity contribution in [2.45, 2.75) is 12.5 Å². The molecule has 1 aliphatic rings. The standard InChI is InChI=1S/C20H17BrN2O2/c21-16-8-6-15(7-9-16)20(24)23-12-10-17(13-23)25-18-5-1-3-14-4-2-11-22-19(14)18/h1-9,11,17H,10,12-13H2. The number of aromatic nitrogens is 1. The van der Waals surface area contributed by atoms with E-state index >= 15 is 0 Å². The fourth-order valence-corrected chi connectivity index (χ4v) is 3.40. The lowest BCUT2D eigenvalue weighted by molar-refractivity contribution is 0.0773. The van der Waals surface area contributed by atoms with Crippen LogP contribution in [-0.4, -0.2) is 35.0 Å². The first kappa shape index (κ1) is 16.1. The molecule has 4 rings (SSSR count). The number of para-hydroxylation sites is 1. The van der Waals surface area contributed by atoms with E-state index in [0.717, 1.165) is 27.5 Å². The molecule has 0 aliphatic carbocycles. The van der Waals surface area contributed by atoms with E-state index in [4.69, 9.17) is 4.74 Å². The van der Waals surface area contributed by atoms with Gasteiger partial charge in [0.05, 0.1) is 6.54 Å². The molecule has 1 amide bonds. The van der Waals surface area contributed by atoms with Crippen LogP contribution in [0.25, 0.3) is 10.9 Å². The summed E-state index contributed by atoms with van der Waals surface area (Å²) in [6.07, 6.45) is 2.59. The van der Waals surface area contributed by atoms with Gasteiger partial charge in [-0.15, -0.1) is 0 Å². The number of halogens is 1.